The molecule has 1 saturated heterocycles. The first kappa shape index (κ1) is 16.4. The van der Waals surface area contributed by atoms with E-state index in [1.165, 1.54) is 0 Å². The number of nitrogens with zero attached hydrogens (tertiary/aromatic N) is 3. The molecule has 19 heavy (non-hydrogen) atoms. The molecular weight excluding hydrogens is 242 g/mol. The van der Waals surface area contributed by atoms with E-state index >= 15 is 0 Å². The van der Waals surface area contributed by atoms with Crippen LogP contribution in [-0.2, 0) is 9.53 Å². The van der Waals surface area contributed by atoms with Crippen molar-refractivity contribution in [3.05, 3.63) is 0 Å². The van der Waals surface area contributed by atoms with Crippen molar-refractivity contribution in [3.63, 3.8) is 0 Å². The number of hydrogen-bond donors (Lipinski definition) is 0. The van der Waals surface area contributed by atoms with Gasteiger partial charge in [-0.15, -0.1) is 0 Å². The number of hydrogen-bond acceptors (Lipinski definition) is 4. The van der Waals surface area contributed by atoms with Gasteiger partial charge in [0.25, 0.3) is 0 Å². The molecule has 1 rings (SSSR count). The Hall–Kier alpha value is -0.650. The Labute approximate surface area is 117 Å². The fraction of sp³-hybridized carbons (Fsp3) is 0.929. The molecule has 5 nitrogen and oxygen atoms in total. The molecule has 5 heteroatoms. The van der Waals surface area contributed by atoms with Crippen LogP contribution >= 0.6 is 0 Å². The second kappa shape index (κ2) is 8.51. The predicted molar refractivity (Wildman–Crippen MR) is 77.3 cm³/mol. The molecule has 0 radical (unpaired) electrons. The van der Waals surface area contributed by atoms with E-state index in [0.717, 1.165) is 39.0 Å². The predicted octanol–water partition coefficient (Wildman–Crippen LogP) is 0.507. The van der Waals surface area contributed by atoms with Gasteiger partial charge < -0.3 is 19.4 Å². The molecule has 112 valence electrons. The van der Waals surface area contributed by atoms with Crippen LogP contribution in [0.1, 0.15) is 19.8 Å². The van der Waals surface area contributed by atoms with Gasteiger partial charge in [-0.05, 0) is 54.0 Å². The molecule has 0 bridgehead atoms. The molecule has 0 N–H and O–H groups in total. The lowest BCUT2D eigenvalue weighted by Gasteiger charge is -2.37. The fourth-order valence-corrected chi connectivity index (χ4v) is 2.40. The van der Waals surface area contributed by atoms with E-state index in [1.807, 2.05) is 25.9 Å². The summed E-state index contributed by atoms with van der Waals surface area (Å²) in [6.07, 6.45) is 2.14. The van der Waals surface area contributed by atoms with Crippen LogP contribution in [0.5, 0.6) is 0 Å². The molecule has 0 aromatic rings. The highest BCUT2D eigenvalue weighted by Gasteiger charge is 2.26. The third kappa shape index (κ3) is 5.89. The zero-order chi connectivity index (χ0) is 14.3. The first-order valence-electron chi connectivity index (χ1n) is 7.25. The van der Waals surface area contributed by atoms with Crippen molar-refractivity contribution in [3.8, 4) is 0 Å². The zero-order valence-electron chi connectivity index (χ0n) is 12.9. The quantitative estimate of drug-likeness (QED) is 0.676. The van der Waals surface area contributed by atoms with Crippen molar-refractivity contribution >= 4 is 5.91 Å². The molecule has 1 fully saturated rings. The maximum atomic E-state index is 12.3. The SMILES string of the molecule is CCOCC(=O)N(CCN(C)C)C1CCN(C)CC1. The zero-order valence-corrected chi connectivity index (χ0v) is 12.9. The lowest BCUT2D eigenvalue weighted by atomic mass is 10.0. The summed E-state index contributed by atoms with van der Waals surface area (Å²) < 4.78 is 5.28. The smallest absolute Gasteiger partial charge is 0.248 e. The van der Waals surface area contributed by atoms with Gasteiger partial charge in [-0.3, -0.25) is 4.79 Å². The van der Waals surface area contributed by atoms with E-state index in [4.69, 9.17) is 4.74 Å². The summed E-state index contributed by atoms with van der Waals surface area (Å²) in [5.74, 6) is 0.137. The maximum Gasteiger partial charge on any atom is 0.248 e. The normalized spacial score (nSPS) is 17.9. The van der Waals surface area contributed by atoms with Crippen LogP contribution in [0, 0.1) is 0 Å². The molecule has 0 aromatic carbocycles. The highest BCUT2D eigenvalue weighted by atomic mass is 16.5. The number of piperidine rings is 1. The monoisotopic (exact) mass is 271 g/mol. The molecule has 0 atom stereocenters. The van der Waals surface area contributed by atoms with Crippen molar-refractivity contribution < 1.29 is 9.53 Å². The van der Waals surface area contributed by atoms with Gasteiger partial charge in [-0.1, -0.05) is 0 Å². The second-order valence-corrected chi connectivity index (χ2v) is 5.56. The van der Waals surface area contributed by atoms with Crippen molar-refractivity contribution in [2.75, 3.05) is 60.5 Å². The summed E-state index contributed by atoms with van der Waals surface area (Å²) in [6.45, 7) is 6.59. The van der Waals surface area contributed by atoms with E-state index < -0.39 is 0 Å². The van der Waals surface area contributed by atoms with Crippen LogP contribution in [-0.4, -0.2) is 87.2 Å². The first-order valence-corrected chi connectivity index (χ1v) is 7.25. The van der Waals surface area contributed by atoms with E-state index in [-0.39, 0.29) is 12.5 Å². The van der Waals surface area contributed by atoms with E-state index in [2.05, 4.69) is 16.8 Å². The molecule has 1 heterocycles. The van der Waals surface area contributed by atoms with Crippen molar-refractivity contribution in [2.45, 2.75) is 25.8 Å². The van der Waals surface area contributed by atoms with Gasteiger partial charge in [-0.25, -0.2) is 0 Å². The molecule has 1 amide bonds. The lowest BCUT2D eigenvalue weighted by Crippen LogP contribution is -2.49. The van der Waals surface area contributed by atoms with Gasteiger partial charge in [0.1, 0.15) is 6.61 Å². The van der Waals surface area contributed by atoms with E-state index in [1.54, 1.807) is 0 Å². The number of rotatable bonds is 7. The van der Waals surface area contributed by atoms with Gasteiger partial charge in [0.05, 0.1) is 0 Å². The van der Waals surface area contributed by atoms with Gasteiger partial charge in [0.2, 0.25) is 5.91 Å². The topological polar surface area (TPSA) is 36.0 Å². The molecular formula is C14H29N3O2. The molecule has 0 aliphatic carbocycles. The summed E-state index contributed by atoms with van der Waals surface area (Å²) in [7, 11) is 6.22. The van der Waals surface area contributed by atoms with Gasteiger partial charge >= 0.3 is 0 Å². The molecule has 0 aromatic heterocycles. The van der Waals surface area contributed by atoms with E-state index in [0.29, 0.717) is 12.6 Å². The standard InChI is InChI=1S/C14H29N3O2/c1-5-19-12-14(18)17(11-10-15(2)3)13-6-8-16(4)9-7-13/h13H,5-12H2,1-4H3. The average Bonchev–Trinajstić information content (AvgIpc) is 2.38. The second-order valence-electron chi connectivity index (χ2n) is 5.56. The number of likely N-dealkylation sites (tertiary alicyclic amines) is 1. The largest absolute Gasteiger partial charge is 0.372 e. The molecule has 0 saturated carbocycles. The van der Waals surface area contributed by atoms with Crippen LogP contribution in [0.2, 0.25) is 0 Å². The van der Waals surface area contributed by atoms with Crippen LogP contribution in [0.25, 0.3) is 0 Å². The van der Waals surface area contributed by atoms with Gasteiger partial charge in [-0.2, -0.15) is 0 Å². The Kier molecular flexibility index (Phi) is 7.34. The lowest BCUT2D eigenvalue weighted by molar-refractivity contribution is -0.139. The maximum absolute atomic E-state index is 12.3. The van der Waals surface area contributed by atoms with Crippen molar-refractivity contribution in [1.29, 1.82) is 0 Å². The minimum absolute atomic E-state index is 0.137. The van der Waals surface area contributed by atoms with Crippen LogP contribution in [0.3, 0.4) is 0 Å². The summed E-state index contributed by atoms with van der Waals surface area (Å²) in [4.78, 5) is 18.7. The Balaban J connectivity index is 2.54. The van der Waals surface area contributed by atoms with Gasteiger partial charge in [0, 0.05) is 25.7 Å². The summed E-state index contributed by atoms with van der Waals surface area (Å²) in [5.41, 5.74) is 0. The van der Waals surface area contributed by atoms with Crippen LogP contribution in [0.4, 0.5) is 0 Å². The third-order valence-electron chi connectivity index (χ3n) is 3.67. The van der Waals surface area contributed by atoms with Gasteiger partial charge in [0.15, 0.2) is 0 Å². The number of likely N-dealkylation sites (N-methyl/N-ethyl adjacent to an activating group) is 1. The Morgan fingerprint density at radius 3 is 2.42 bits per heavy atom. The molecule has 1 aliphatic rings. The number of ether oxygens (including phenoxy) is 1. The minimum Gasteiger partial charge on any atom is -0.372 e. The fourth-order valence-electron chi connectivity index (χ4n) is 2.40. The van der Waals surface area contributed by atoms with Crippen molar-refractivity contribution in [2.24, 2.45) is 0 Å². The highest BCUT2D eigenvalue weighted by Crippen LogP contribution is 2.15. The van der Waals surface area contributed by atoms with Crippen molar-refractivity contribution in [1.82, 2.24) is 14.7 Å². The first-order chi connectivity index (χ1) is 9.04. The Bertz CT molecular complexity index is 263. The summed E-state index contributed by atoms with van der Waals surface area (Å²) in [5, 5.41) is 0. The Morgan fingerprint density at radius 1 is 1.26 bits per heavy atom. The highest BCUT2D eigenvalue weighted by molar-refractivity contribution is 5.77. The molecule has 1 aliphatic heterocycles. The third-order valence-corrected chi connectivity index (χ3v) is 3.67. The minimum atomic E-state index is 0.137. The average molecular weight is 271 g/mol. The van der Waals surface area contributed by atoms with Crippen LogP contribution < -0.4 is 0 Å². The Morgan fingerprint density at radius 2 is 1.89 bits per heavy atom. The number of amides is 1. The van der Waals surface area contributed by atoms with Crippen LogP contribution in [0.15, 0.2) is 0 Å². The molecule has 0 unspecified atom stereocenters. The summed E-state index contributed by atoms with van der Waals surface area (Å²) >= 11 is 0. The molecule has 0 spiro atoms. The number of carbonyl (C=O) groups is 1. The number of carbonyl (C=O) groups excluding carboxylic acids is 1. The summed E-state index contributed by atoms with van der Waals surface area (Å²) in [6, 6.07) is 0.379. The van der Waals surface area contributed by atoms with E-state index in [9.17, 15) is 4.79 Å².